The number of allylic oxidation sites excluding steroid dienone is 4. The van der Waals surface area contributed by atoms with Crippen LogP contribution in [0.1, 0.15) is 81.1 Å². The number of hydrogen-bond acceptors (Lipinski definition) is 7. The van der Waals surface area contributed by atoms with Gasteiger partial charge < -0.3 is 29.3 Å². The second-order valence-corrected chi connectivity index (χ2v) is 18.1. The topological polar surface area (TPSA) is 106 Å². The molecule has 0 aromatic heterocycles. The number of carbonyl (C=O) groups is 2. The average Bonchev–Trinajstić information content (AvgIpc) is 3.50. The lowest BCUT2D eigenvalue weighted by Gasteiger charge is -2.71. The molecule has 0 saturated heterocycles. The lowest BCUT2D eigenvalue weighted by molar-refractivity contribution is -0.178. The smallest absolute Gasteiger partial charge is 0.227 e. The van der Waals surface area contributed by atoms with Gasteiger partial charge in [-0.3, -0.25) is 9.59 Å². The molecule has 6 aliphatic carbocycles. The quantitative estimate of drug-likeness (QED) is 0.102. The number of hydrogen-bond donors (Lipinski definition) is 2. The van der Waals surface area contributed by atoms with Gasteiger partial charge in [-0.2, -0.15) is 0 Å². The molecule has 57 heavy (non-hydrogen) atoms. The van der Waals surface area contributed by atoms with Crippen LogP contribution in [0, 0.1) is 33.5 Å². The second kappa shape index (κ2) is 14.9. The fourth-order valence-corrected chi connectivity index (χ4v) is 12.5. The van der Waals surface area contributed by atoms with Gasteiger partial charge in [0.15, 0.2) is 17.3 Å². The molecule has 2 spiro atoms. The summed E-state index contributed by atoms with van der Waals surface area (Å²) in [5.74, 6) is 1.31. The van der Waals surface area contributed by atoms with Crippen LogP contribution in [-0.4, -0.2) is 79.5 Å². The van der Waals surface area contributed by atoms with Crippen LogP contribution in [0.4, 0.5) is 0 Å². The van der Waals surface area contributed by atoms with Gasteiger partial charge in [-0.1, -0.05) is 92.7 Å². The summed E-state index contributed by atoms with van der Waals surface area (Å²) in [6, 6.07) is 23.8. The number of Topliss-reactive ketones (excluding diaryl/α,β-unsaturated/α-hetero) is 1. The molecule has 8 nitrogen and oxygen atoms in total. The fourth-order valence-electron chi connectivity index (χ4n) is 12.5. The van der Waals surface area contributed by atoms with E-state index in [-0.39, 0.29) is 41.9 Å². The molecule has 302 valence electrons. The molecule has 1 amide bonds. The largest absolute Gasteiger partial charge is 0.493 e. The van der Waals surface area contributed by atoms with Crippen LogP contribution < -0.4 is 9.47 Å². The minimum Gasteiger partial charge on any atom is -0.493 e. The van der Waals surface area contributed by atoms with Gasteiger partial charge in [-0.15, -0.1) is 0 Å². The zero-order chi connectivity index (χ0) is 40.2. The number of carbonyl (C=O) groups excluding carboxylic acids is 2. The third-order valence-corrected chi connectivity index (χ3v) is 15.6. The highest BCUT2D eigenvalue weighted by Crippen LogP contribution is 2.78. The maximum Gasteiger partial charge on any atom is 0.227 e. The molecule has 3 fully saturated rings. The summed E-state index contributed by atoms with van der Waals surface area (Å²) >= 11 is 0. The molecule has 0 aliphatic heterocycles. The number of amides is 1. The lowest BCUT2D eigenvalue weighted by Crippen LogP contribution is -2.67. The molecule has 8 unspecified atom stereocenters. The summed E-state index contributed by atoms with van der Waals surface area (Å²) in [7, 11) is 4.84. The van der Waals surface area contributed by atoms with Crippen LogP contribution in [-0.2, 0) is 16.0 Å². The molecule has 3 aromatic carbocycles. The maximum atomic E-state index is 15.2. The number of rotatable bonds is 13. The van der Waals surface area contributed by atoms with E-state index in [2.05, 4.69) is 44.2 Å². The molecule has 2 N–H and O–H groups in total. The Kier molecular flexibility index (Phi) is 10.3. The Balaban J connectivity index is 1.15. The SMILES string of the molecule is COCCCN(CC1(O)CCC2C34C=CC5(C=C3C(=O)c3ccc(-c6ccccc6)cc3)CC(O)CCC5(C)C4CCC21C)C(=O)Cc1ccc(OC)c(OC)c1. The number of aliphatic hydroxyl groups excluding tert-OH is 1. The van der Waals surface area contributed by atoms with Gasteiger partial charge in [0.05, 0.1) is 32.3 Å². The van der Waals surface area contributed by atoms with E-state index >= 15 is 4.79 Å². The van der Waals surface area contributed by atoms with E-state index in [4.69, 9.17) is 14.2 Å². The fraction of sp³-hybridized carbons (Fsp3) is 0.510. The van der Waals surface area contributed by atoms with Crippen LogP contribution in [0.2, 0.25) is 0 Å². The highest BCUT2D eigenvalue weighted by molar-refractivity contribution is 6.10. The minimum atomic E-state index is -1.17. The molecule has 9 rings (SSSR count). The normalized spacial score (nSPS) is 33.5. The predicted molar refractivity (Wildman–Crippen MR) is 221 cm³/mol. The van der Waals surface area contributed by atoms with Crippen molar-refractivity contribution < 1.29 is 34.0 Å². The Bertz CT molecular complexity index is 2060. The zero-order valence-corrected chi connectivity index (χ0v) is 34.3. The molecular formula is C49H59NO7. The Morgan fingerprint density at radius 3 is 2.21 bits per heavy atom. The van der Waals surface area contributed by atoms with E-state index in [0.717, 1.165) is 54.4 Å². The third kappa shape index (κ3) is 6.20. The second-order valence-electron chi connectivity index (χ2n) is 18.1. The van der Waals surface area contributed by atoms with Crippen LogP contribution >= 0.6 is 0 Å². The van der Waals surface area contributed by atoms with Crippen molar-refractivity contribution in [3.05, 3.63) is 108 Å². The summed E-state index contributed by atoms with van der Waals surface area (Å²) in [5.41, 5.74) is 1.58. The first-order valence-electron chi connectivity index (χ1n) is 20.9. The van der Waals surface area contributed by atoms with Crippen molar-refractivity contribution in [1.29, 1.82) is 0 Å². The van der Waals surface area contributed by atoms with E-state index in [1.807, 2.05) is 65.6 Å². The molecule has 2 bridgehead atoms. The molecule has 0 radical (unpaired) electrons. The highest BCUT2D eigenvalue weighted by Gasteiger charge is 2.74. The van der Waals surface area contributed by atoms with Crippen LogP contribution in [0.3, 0.4) is 0 Å². The van der Waals surface area contributed by atoms with Gasteiger partial charge in [0.25, 0.3) is 0 Å². The number of nitrogens with zero attached hydrogens (tertiary/aromatic N) is 1. The molecule has 8 heteroatoms. The highest BCUT2D eigenvalue weighted by atomic mass is 16.5. The lowest BCUT2D eigenvalue weighted by atomic mass is 9.32. The van der Waals surface area contributed by atoms with Crippen molar-refractivity contribution in [1.82, 2.24) is 4.90 Å². The van der Waals surface area contributed by atoms with Crippen molar-refractivity contribution >= 4 is 11.7 Å². The number of ketones is 1. The summed E-state index contributed by atoms with van der Waals surface area (Å²) in [6.45, 7) is 5.81. The van der Waals surface area contributed by atoms with E-state index < -0.39 is 27.9 Å². The maximum absolute atomic E-state index is 15.2. The number of ether oxygens (including phenoxy) is 3. The van der Waals surface area contributed by atoms with E-state index in [1.165, 1.54) is 0 Å². The predicted octanol–water partition coefficient (Wildman–Crippen LogP) is 8.25. The van der Waals surface area contributed by atoms with Gasteiger partial charge in [-0.05, 0) is 97.4 Å². The van der Waals surface area contributed by atoms with E-state index in [9.17, 15) is 15.0 Å². The molecule has 0 heterocycles. The van der Waals surface area contributed by atoms with E-state index in [1.54, 1.807) is 21.3 Å². The van der Waals surface area contributed by atoms with Crippen molar-refractivity contribution in [2.24, 2.45) is 33.5 Å². The Morgan fingerprint density at radius 1 is 0.807 bits per heavy atom. The Hall–Kier alpha value is -4.24. The van der Waals surface area contributed by atoms with E-state index in [0.29, 0.717) is 49.5 Å². The van der Waals surface area contributed by atoms with Gasteiger partial charge in [-0.25, -0.2) is 0 Å². The zero-order valence-electron chi connectivity index (χ0n) is 34.3. The molecule has 8 atom stereocenters. The number of benzene rings is 3. The first-order chi connectivity index (χ1) is 27.4. The summed E-state index contributed by atoms with van der Waals surface area (Å²) in [4.78, 5) is 31.3. The summed E-state index contributed by atoms with van der Waals surface area (Å²) < 4.78 is 16.4. The van der Waals surface area contributed by atoms with Crippen LogP contribution in [0.15, 0.2) is 96.6 Å². The van der Waals surface area contributed by atoms with Gasteiger partial charge in [0.2, 0.25) is 5.91 Å². The Morgan fingerprint density at radius 2 is 1.49 bits per heavy atom. The summed E-state index contributed by atoms with van der Waals surface area (Å²) in [5, 5.41) is 24.3. The first-order valence-corrected chi connectivity index (χ1v) is 20.9. The monoisotopic (exact) mass is 773 g/mol. The van der Waals surface area contributed by atoms with Crippen molar-refractivity contribution in [3.63, 3.8) is 0 Å². The molecule has 6 aliphatic rings. The van der Waals surface area contributed by atoms with Gasteiger partial charge >= 0.3 is 0 Å². The number of methoxy groups -OCH3 is 3. The number of aliphatic hydroxyl groups is 2. The molecular weight excluding hydrogens is 715 g/mol. The van der Waals surface area contributed by atoms with Crippen molar-refractivity contribution in [3.8, 4) is 22.6 Å². The first kappa shape index (κ1) is 39.6. The number of fused-ring (bicyclic) bond motifs is 1. The summed E-state index contributed by atoms with van der Waals surface area (Å²) in [6.07, 6.45) is 12.5. The molecule has 3 aromatic rings. The van der Waals surface area contributed by atoms with Crippen molar-refractivity contribution in [2.75, 3.05) is 41.0 Å². The van der Waals surface area contributed by atoms with Crippen molar-refractivity contribution in [2.45, 2.75) is 83.3 Å². The van der Waals surface area contributed by atoms with Crippen LogP contribution in [0.25, 0.3) is 11.1 Å². The third-order valence-electron chi connectivity index (χ3n) is 15.6. The average molecular weight is 774 g/mol. The Labute approximate surface area is 337 Å². The van der Waals surface area contributed by atoms with Gasteiger partial charge in [0.1, 0.15) is 0 Å². The van der Waals surface area contributed by atoms with Crippen LogP contribution in [0.5, 0.6) is 11.5 Å². The molecule has 3 saturated carbocycles. The van der Waals surface area contributed by atoms with Gasteiger partial charge in [0, 0.05) is 54.2 Å². The minimum absolute atomic E-state index is 0.0208. The standard InChI is InChI=1S/C49H59NO7/c1-45-21-18-37(51)30-47(45)24-25-49(38(31-47)44(53)36-15-13-35(14-16-36)34-10-7-6-8-11-34)41(45)19-22-46(2)42(49)20-23-48(46,54)32-50(26-9-27-55-3)43(52)29-33-12-17-39(56-4)40(28-33)57-5/h6-8,10-17,24-25,28,31,37,41-42,51,54H,9,18-23,26-27,29-30,32H2,1-5H3.